The fourth-order valence-electron chi connectivity index (χ4n) is 1.10. The predicted octanol–water partition coefficient (Wildman–Crippen LogP) is 1.47. The third-order valence-corrected chi connectivity index (χ3v) is 1.74. The number of carbonyl (C=O) groups is 1. The van der Waals surface area contributed by atoms with Crippen LogP contribution in [-0.2, 0) is 0 Å². The maximum absolute atomic E-state index is 12.8. The van der Waals surface area contributed by atoms with Gasteiger partial charge in [-0.1, -0.05) is 0 Å². The van der Waals surface area contributed by atoms with Crippen LogP contribution in [0.15, 0.2) is 24.4 Å². The summed E-state index contributed by atoms with van der Waals surface area (Å²) in [5.74, 6) is -2.01. The fourth-order valence-corrected chi connectivity index (χ4v) is 1.10. The minimum absolute atomic E-state index is 0.289. The van der Waals surface area contributed by atoms with Crippen LogP contribution < -0.4 is 0 Å². The van der Waals surface area contributed by atoms with Gasteiger partial charge in [0.2, 0.25) is 5.82 Å². The van der Waals surface area contributed by atoms with E-state index in [1.54, 1.807) is 0 Å². The Labute approximate surface area is 78.0 Å². The van der Waals surface area contributed by atoms with Gasteiger partial charge >= 0.3 is 5.97 Å². The van der Waals surface area contributed by atoms with Crippen LogP contribution in [0.4, 0.5) is 4.39 Å². The van der Waals surface area contributed by atoms with Gasteiger partial charge in [0, 0.05) is 17.6 Å². The van der Waals surface area contributed by atoms with Crippen LogP contribution in [0.2, 0.25) is 0 Å². The molecule has 1 heterocycles. The van der Waals surface area contributed by atoms with Gasteiger partial charge in [0.25, 0.3) is 0 Å². The molecule has 0 spiro atoms. The smallest absolute Gasteiger partial charge is 0.373 e. The van der Waals surface area contributed by atoms with Crippen LogP contribution in [-0.4, -0.2) is 21.0 Å². The van der Waals surface area contributed by atoms with Gasteiger partial charge in [-0.05, 0) is 12.1 Å². The molecule has 0 saturated carbocycles. The molecule has 0 saturated heterocycles. The van der Waals surface area contributed by atoms with E-state index in [0.717, 1.165) is 0 Å². The number of halogens is 1. The van der Waals surface area contributed by atoms with Crippen LogP contribution in [0.1, 0.15) is 10.6 Å². The second kappa shape index (κ2) is 3.02. The van der Waals surface area contributed by atoms with Crippen LogP contribution in [0.25, 0.3) is 10.9 Å². The minimum atomic E-state index is -1.23. The molecule has 1 aromatic heterocycles. The highest BCUT2D eigenvalue weighted by atomic mass is 19.1. The second-order valence-corrected chi connectivity index (χ2v) is 2.70. The van der Waals surface area contributed by atoms with E-state index in [1.807, 2.05) is 0 Å². The lowest BCUT2D eigenvalue weighted by molar-refractivity contribution is 0.0684. The molecule has 0 radical (unpaired) electrons. The molecule has 5 heteroatoms. The van der Waals surface area contributed by atoms with Gasteiger partial charge in [-0.15, -0.1) is 0 Å². The van der Waals surface area contributed by atoms with E-state index >= 15 is 0 Å². The standard InChI is InChI=1S/C9H5FN2O2/c10-6-2-1-5-4-11-8(9(13)14)12-7(5)3-6/h1-4H,(H,13,14). The normalized spacial score (nSPS) is 10.4. The Balaban J connectivity index is 2.69. The molecule has 0 fully saturated rings. The average Bonchev–Trinajstić information content (AvgIpc) is 2.16. The Morgan fingerprint density at radius 1 is 1.43 bits per heavy atom. The average molecular weight is 192 g/mol. The summed E-state index contributed by atoms with van der Waals surface area (Å²) >= 11 is 0. The molecule has 0 atom stereocenters. The van der Waals surface area contributed by atoms with Crippen LogP contribution >= 0.6 is 0 Å². The first-order chi connectivity index (χ1) is 6.66. The number of aromatic carboxylic acids is 1. The van der Waals surface area contributed by atoms with E-state index in [0.29, 0.717) is 5.39 Å². The summed E-state index contributed by atoms with van der Waals surface area (Å²) in [5, 5.41) is 9.20. The maximum atomic E-state index is 12.8. The Kier molecular flexibility index (Phi) is 1.85. The van der Waals surface area contributed by atoms with E-state index in [1.165, 1.54) is 24.4 Å². The van der Waals surface area contributed by atoms with E-state index in [9.17, 15) is 9.18 Å². The molecular weight excluding hydrogens is 187 g/mol. The quantitative estimate of drug-likeness (QED) is 0.743. The second-order valence-electron chi connectivity index (χ2n) is 2.70. The number of nitrogens with zero attached hydrogens (tertiary/aromatic N) is 2. The highest BCUT2D eigenvalue weighted by Gasteiger charge is 2.07. The zero-order chi connectivity index (χ0) is 10.1. The zero-order valence-corrected chi connectivity index (χ0v) is 6.94. The predicted molar refractivity (Wildman–Crippen MR) is 46.5 cm³/mol. The van der Waals surface area contributed by atoms with Crippen molar-refractivity contribution in [1.82, 2.24) is 9.97 Å². The Hall–Kier alpha value is -2.04. The largest absolute Gasteiger partial charge is 0.475 e. The van der Waals surface area contributed by atoms with Crippen molar-refractivity contribution in [2.75, 3.05) is 0 Å². The molecule has 0 aliphatic heterocycles. The topological polar surface area (TPSA) is 63.1 Å². The SMILES string of the molecule is O=C(O)c1ncc2ccc(F)cc2n1. The van der Waals surface area contributed by atoms with Crippen molar-refractivity contribution in [3.8, 4) is 0 Å². The first-order valence-corrected chi connectivity index (χ1v) is 3.82. The summed E-state index contributed by atoms with van der Waals surface area (Å²) in [5.41, 5.74) is 0.289. The molecule has 14 heavy (non-hydrogen) atoms. The van der Waals surface area contributed by atoms with Gasteiger partial charge in [-0.3, -0.25) is 0 Å². The van der Waals surface area contributed by atoms with E-state index in [2.05, 4.69) is 9.97 Å². The first-order valence-electron chi connectivity index (χ1n) is 3.82. The lowest BCUT2D eigenvalue weighted by Crippen LogP contribution is -2.03. The molecule has 0 unspecified atom stereocenters. The van der Waals surface area contributed by atoms with E-state index in [-0.39, 0.29) is 11.3 Å². The van der Waals surface area contributed by atoms with Crippen molar-refractivity contribution in [1.29, 1.82) is 0 Å². The number of rotatable bonds is 1. The van der Waals surface area contributed by atoms with Gasteiger partial charge < -0.3 is 5.11 Å². The summed E-state index contributed by atoms with van der Waals surface area (Å²) in [7, 11) is 0. The molecule has 0 bridgehead atoms. The summed E-state index contributed by atoms with van der Waals surface area (Å²) in [6.07, 6.45) is 1.35. The molecule has 2 aromatic rings. The van der Waals surface area contributed by atoms with Crippen LogP contribution in [0.5, 0.6) is 0 Å². The molecule has 0 aliphatic carbocycles. The van der Waals surface area contributed by atoms with Gasteiger partial charge in [0.1, 0.15) is 5.82 Å². The third-order valence-electron chi connectivity index (χ3n) is 1.74. The monoisotopic (exact) mass is 192 g/mol. The van der Waals surface area contributed by atoms with Crippen molar-refractivity contribution < 1.29 is 14.3 Å². The summed E-state index contributed by atoms with van der Waals surface area (Å²) in [6, 6.07) is 3.94. The van der Waals surface area contributed by atoms with Crippen molar-refractivity contribution in [2.24, 2.45) is 0 Å². The molecular formula is C9H5FN2O2. The number of carboxylic acid groups (broad SMARTS) is 1. The molecule has 0 amide bonds. The highest BCUT2D eigenvalue weighted by Crippen LogP contribution is 2.12. The number of hydrogen-bond donors (Lipinski definition) is 1. The molecule has 0 aliphatic rings. The number of carboxylic acids is 1. The highest BCUT2D eigenvalue weighted by molar-refractivity contribution is 5.87. The molecule has 70 valence electrons. The first kappa shape index (κ1) is 8.55. The van der Waals surface area contributed by atoms with Crippen LogP contribution in [0.3, 0.4) is 0 Å². The summed E-state index contributed by atoms with van der Waals surface area (Å²) < 4.78 is 12.8. The minimum Gasteiger partial charge on any atom is -0.475 e. The van der Waals surface area contributed by atoms with E-state index < -0.39 is 11.8 Å². The van der Waals surface area contributed by atoms with E-state index in [4.69, 9.17) is 5.11 Å². The molecule has 2 rings (SSSR count). The van der Waals surface area contributed by atoms with Gasteiger partial charge in [0.05, 0.1) is 5.52 Å². The Morgan fingerprint density at radius 2 is 2.21 bits per heavy atom. The van der Waals surface area contributed by atoms with Crippen LogP contribution in [0, 0.1) is 5.82 Å². The van der Waals surface area contributed by atoms with Gasteiger partial charge in [0.15, 0.2) is 0 Å². The maximum Gasteiger partial charge on any atom is 0.373 e. The number of hydrogen-bond acceptors (Lipinski definition) is 3. The fraction of sp³-hybridized carbons (Fsp3) is 0. The lowest BCUT2D eigenvalue weighted by atomic mass is 10.2. The number of aromatic nitrogens is 2. The lowest BCUT2D eigenvalue weighted by Gasteiger charge is -1.97. The molecule has 1 aromatic carbocycles. The molecule has 4 nitrogen and oxygen atoms in total. The number of benzene rings is 1. The van der Waals surface area contributed by atoms with Gasteiger partial charge in [-0.2, -0.15) is 0 Å². The van der Waals surface area contributed by atoms with Crippen molar-refractivity contribution >= 4 is 16.9 Å². The summed E-state index contributed by atoms with van der Waals surface area (Å²) in [4.78, 5) is 17.8. The zero-order valence-electron chi connectivity index (χ0n) is 6.94. The summed E-state index contributed by atoms with van der Waals surface area (Å²) in [6.45, 7) is 0. The van der Waals surface area contributed by atoms with Crippen molar-refractivity contribution in [2.45, 2.75) is 0 Å². The Bertz CT molecular complexity index is 513. The van der Waals surface area contributed by atoms with Crippen molar-refractivity contribution in [3.63, 3.8) is 0 Å². The Morgan fingerprint density at radius 3 is 2.93 bits per heavy atom. The van der Waals surface area contributed by atoms with Gasteiger partial charge in [-0.25, -0.2) is 19.2 Å². The molecule has 1 N–H and O–H groups in total. The third kappa shape index (κ3) is 1.39. The number of fused-ring (bicyclic) bond motifs is 1. The van der Waals surface area contributed by atoms with Crippen molar-refractivity contribution in [3.05, 3.63) is 36.0 Å².